The van der Waals surface area contributed by atoms with Gasteiger partial charge in [-0.3, -0.25) is 0 Å². The molecular formula is C9H10ClN3. The predicted octanol–water partition coefficient (Wildman–Crippen LogP) is 1.99. The van der Waals surface area contributed by atoms with E-state index >= 15 is 0 Å². The first-order valence-corrected chi connectivity index (χ1v) is 3.53. The molecule has 0 atom stereocenters. The summed E-state index contributed by atoms with van der Waals surface area (Å²) < 4.78 is 0. The van der Waals surface area contributed by atoms with Crippen molar-refractivity contribution in [3.8, 4) is 6.07 Å². The van der Waals surface area contributed by atoms with Crippen LogP contribution in [0.15, 0.2) is 29.3 Å². The number of amidine groups is 1. The fraction of sp³-hybridized carbons (Fsp3) is 0.111. The molecule has 68 valence electrons. The van der Waals surface area contributed by atoms with E-state index in [0.717, 1.165) is 5.69 Å². The van der Waals surface area contributed by atoms with Crippen LogP contribution in [0.25, 0.3) is 0 Å². The van der Waals surface area contributed by atoms with Gasteiger partial charge in [-0.15, -0.1) is 12.4 Å². The highest BCUT2D eigenvalue weighted by Gasteiger charge is 1.90. The zero-order chi connectivity index (χ0) is 8.97. The third-order valence-corrected chi connectivity index (χ3v) is 1.30. The molecule has 13 heavy (non-hydrogen) atoms. The largest absolute Gasteiger partial charge is 0.387 e. The van der Waals surface area contributed by atoms with Gasteiger partial charge < -0.3 is 5.73 Å². The van der Waals surface area contributed by atoms with Gasteiger partial charge in [-0.05, 0) is 31.2 Å². The first-order chi connectivity index (χ1) is 5.72. The topological polar surface area (TPSA) is 62.2 Å². The van der Waals surface area contributed by atoms with Crippen LogP contribution in [0.2, 0.25) is 0 Å². The molecule has 4 heteroatoms. The summed E-state index contributed by atoms with van der Waals surface area (Å²) in [5, 5.41) is 8.50. The van der Waals surface area contributed by atoms with Crippen LogP contribution in [0.5, 0.6) is 0 Å². The van der Waals surface area contributed by atoms with E-state index in [4.69, 9.17) is 11.0 Å². The van der Waals surface area contributed by atoms with Crippen LogP contribution in [-0.2, 0) is 0 Å². The van der Waals surface area contributed by atoms with Gasteiger partial charge in [-0.25, -0.2) is 4.99 Å². The van der Waals surface area contributed by atoms with E-state index in [1.807, 2.05) is 6.07 Å². The lowest BCUT2D eigenvalue weighted by Crippen LogP contribution is -2.03. The number of benzene rings is 1. The van der Waals surface area contributed by atoms with Crippen molar-refractivity contribution in [2.75, 3.05) is 0 Å². The highest BCUT2D eigenvalue weighted by atomic mass is 35.5. The van der Waals surface area contributed by atoms with Crippen molar-refractivity contribution in [2.24, 2.45) is 10.7 Å². The molecule has 1 aromatic rings. The van der Waals surface area contributed by atoms with Crippen LogP contribution >= 0.6 is 12.4 Å². The van der Waals surface area contributed by atoms with Gasteiger partial charge in [-0.2, -0.15) is 5.26 Å². The van der Waals surface area contributed by atoms with Gasteiger partial charge >= 0.3 is 0 Å². The van der Waals surface area contributed by atoms with Crippen LogP contribution in [0, 0.1) is 11.3 Å². The van der Waals surface area contributed by atoms with E-state index in [-0.39, 0.29) is 12.4 Å². The molecule has 1 aromatic carbocycles. The standard InChI is InChI=1S/C9H9N3.ClH/c1-7(11)12-9-4-2-8(6-10)3-5-9;/h2-5H,1H3,(H2,11,12);1H. The van der Waals surface area contributed by atoms with Crippen molar-refractivity contribution in [3.63, 3.8) is 0 Å². The Labute approximate surface area is 83.3 Å². The molecule has 0 aliphatic carbocycles. The van der Waals surface area contributed by atoms with Gasteiger partial charge in [-0.1, -0.05) is 0 Å². The molecule has 0 saturated carbocycles. The Kier molecular flexibility index (Phi) is 4.57. The van der Waals surface area contributed by atoms with Crippen LogP contribution < -0.4 is 5.73 Å². The summed E-state index contributed by atoms with van der Waals surface area (Å²) in [7, 11) is 0. The molecule has 0 radical (unpaired) electrons. The Bertz CT molecular complexity index is 331. The molecule has 3 nitrogen and oxygen atoms in total. The Morgan fingerprint density at radius 3 is 2.31 bits per heavy atom. The van der Waals surface area contributed by atoms with Gasteiger partial charge in [0.15, 0.2) is 0 Å². The summed E-state index contributed by atoms with van der Waals surface area (Å²) in [6.45, 7) is 1.72. The number of nitrogens with two attached hydrogens (primary N) is 1. The van der Waals surface area contributed by atoms with Gasteiger partial charge in [0.05, 0.1) is 23.2 Å². The predicted molar refractivity (Wildman–Crippen MR) is 55.4 cm³/mol. The fourth-order valence-electron chi connectivity index (χ4n) is 0.814. The van der Waals surface area contributed by atoms with E-state index < -0.39 is 0 Å². The van der Waals surface area contributed by atoms with Crippen LogP contribution in [0.3, 0.4) is 0 Å². The number of nitriles is 1. The van der Waals surface area contributed by atoms with Crippen molar-refractivity contribution in [3.05, 3.63) is 29.8 Å². The van der Waals surface area contributed by atoms with Gasteiger partial charge in [0.2, 0.25) is 0 Å². The monoisotopic (exact) mass is 195 g/mol. The number of aliphatic imine (C=N–C) groups is 1. The number of hydrogen-bond acceptors (Lipinski definition) is 2. The first-order valence-electron chi connectivity index (χ1n) is 3.53. The third-order valence-electron chi connectivity index (χ3n) is 1.30. The van der Waals surface area contributed by atoms with Crippen molar-refractivity contribution in [1.82, 2.24) is 0 Å². The fourth-order valence-corrected chi connectivity index (χ4v) is 0.814. The summed E-state index contributed by atoms with van der Waals surface area (Å²) in [6.07, 6.45) is 0. The van der Waals surface area contributed by atoms with Crippen molar-refractivity contribution >= 4 is 23.9 Å². The molecule has 0 saturated heterocycles. The van der Waals surface area contributed by atoms with Gasteiger partial charge in [0, 0.05) is 0 Å². The minimum Gasteiger partial charge on any atom is -0.387 e. The number of halogens is 1. The number of rotatable bonds is 1. The number of nitrogens with zero attached hydrogens (tertiary/aromatic N) is 2. The zero-order valence-electron chi connectivity index (χ0n) is 7.19. The molecule has 0 amide bonds. The van der Waals surface area contributed by atoms with E-state index in [0.29, 0.717) is 11.4 Å². The lowest BCUT2D eigenvalue weighted by Gasteiger charge is -1.93. The molecule has 0 aliphatic heterocycles. The summed E-state index contributed by atoms with van der Waals surface area (Å²) in [5.74, 6) is 0.514. The molecule has 2 N–H and O–H groups in total. The average Bonchev–Trinajstić information content (AvgIpc) is 2.05. The smallest absolute Gasteiger partial charge is 0.0991 e. The second kappa shape index (κ2) is 5.18. The van der Waals surface area contributed by atoms with E-state index in [2.05, 4.69) is 4.99 Å². The Hall–Kier alpha value is -1.53. The van der Waals surface area contributed by atoms with E-state index in [1.165, 1.54) is 0 Å². The van der Waals surface area contributed by atoms with Crippen molar-refractivity contribution in [1.29, 1.82) is 5.26 Å². The maximum Gasteiger partial charge on any atom is 0.0991 e. The molecular weight excluding hydrogens is 186 g/mol. The first kappa shape index (κ1) is 11.5. The quantitative estimate of drug-likeness (QED) is 0.550. The molecule has 0 spiro atoms. The van der Waals surface area contributed by atoms with Crippen LogP contribution in [-0.4, -0.2) is 5.84 Å². The average molecular weight is 196 g/mol. The summed E-state index contributed by atoms with van der Waals surface area (Å²) in [5.41, 5.74) is 6.78. The molecule has 1 rings (SSSR count). The second-order valence-corrected chi connectivity index (χ2v) is 2.41. The van der Waals surface area contributed by atoms with Gasteiger partial charge in [0.25, 0.3) is 0 Å². The highest BCUT2D eigenvalue weighted by molar-refractivity contribution is 5.85. The Morgan fingerprint density at radius 2 is 1.92 bits per heavy atom. The molecule has 0 aromatic heterocycles. The molecule has 0 fully saturated rings. The maximum atomic E-state index is 8.50. The van der Waals surface area contributed by atoms with Crippen molar-refractivity contribution < 1.29 is 0 Å². The second-order valence-electron chi connectivity index (χ2n) is 2.41. The SMILES string of the molecule is CC(N)=Nc1ccc(C#N)cc1.Cl. The highest BCUT2D eigenvalue weighted by Crippen LogP contribution is 2.11. The van der Waals surface area contributed by atoms with E-state index in [1.54, 1.807) is 31.2 Å². The third kappa shape index (κ3) is 3.59. The van der Waals surface area contributed by atoms with Crippen LogP contribution in [0.4, 0.5) is 5.69 Å². The Morgan fingerprint density at radius 1 is 1.38 bits per heavy atom. The molecule has 0 unspecified atom stereocenters. The zero-order valence-corrected chi connectivity index (χ0v) is 8.01. The lowest BCUT2D eigenvalue weighted by molar-refractivity contribution is 1.43. The number of hydrogen-bond donors (Lipinski definition) is 1. The molecule has 0 bridgehead atoms. The molecule has 0 aliphatic rings. The van der Waals surface area contributed by atoms with E-state index in [9.17, 15) is 0 Å². The lowest BCUT2D eigenvalue weighted by atomic mass is 10.2. The minimum atomic E-state index is 0. The van der Waals surface area contributed by atoms with Crippen molar-refractivity contribution in [2.45, 2.75) is 6.92 Å². The maximum absolute atomic E-state index is 8.50. The Balaban J connectivity index is 0.00000144. The van der Waals surface area contributed by atoms with Crippen LogP contribution in [0.1, 0.15) is 12.5 Å². The normalized spacial score (nSPS) is 10.0. The summed E-state index contributed by atoms with van der Waals surface area (Å²) in [6, 6.07) is 8.97. The minimum absolute atomic E-state index is 0. The summed E-state index contributed by atoms with van der Waals surface area (Å²) in [4.78, 5) is 4.02. The van der Waals surface area contributed by atoms with Gasteiger partial charge in [0.1, 0.15) is 0 Å². The summed E-state index contributed by atoms with van der Waals surface area (Å²) >= 11 is 0. The molecule has 0 heterocycles.